The summed E-state index contributed by atoms with van der Waals surface area (Å²) < 4.78 is 4.50. The maximum Gasteiger partial charge on any atom is 0.325 e. The van der Waals surface area contributed by atoms with Gasteiger partial charge in [-0.15, -0.1) is 11.3 Å². The van der Waals surface area contributed by atoms with Gasteiger partial charge in [0.05, 0.1) is 12.9 Å². The van der Waals surface area contributed by atoms with Crippen LogP contribution in [0.5, 0.6) is 0 Å². The van der Waals surface area contributed by atoms with Crippen LogP contribution in [-0.2, 0) is 27.2 Å². The third-order valence-electron chi connectivity index (χ3n) is 4.05. The van der Waals surface area contributed by atoms with Crippen LogP contribution in [-0.4, -0.2) is 41.3 Å². The lowest BCUT2D eigenvalue weighted by Crippen LogP contribution is -2.31. The van der Waals surface area contributed by atoms with Crippen molar-refractivity contribution in [3.05, 3.63) is 16.8 Å². The fraction of sp³-hybridized carbons (Fsp3) is 0.500. The van der Waals surface area contributed by atoms with Gasteiger partial charge in [-0.05, 0) is 30.7 Å². The van der Waals surface area contributed by atoms with Gasteiger partial charge in [0, 0.05) is 10.3 Å². The summed E-state index contributed by atoms with van der Waals surface area (Å²) in [6.45, 7) is 2.17. The van der Waals surface area contributed by atoms with Crippen molar-refractivity contribution in [2.75, 3.05) is 19.4 Å². The molecule has 0 unspecified atom stereocenters. The van der Waals surface area contributed by atoms with Crippen LogP contribution >= 0.6 is 23.1 Å². The standard InChI is InChI=1S/C16H19N3O3S2/c1-9-3-4-10-11(5-9)24-16-14(10)15(18-8-19-16)23-7-12(20)17-6-13(21)22-2/h8-9H,3-7H2,1-2H3,(H,17,20)/t9-/m1/s1. The number of thiophene rings is 1. The smallest absolute Gasteiger partial charge is 0.325 e. The number of methoxy groups -OCH3 is 1. The minimum Gasteiger partial charge on any atom is -0.468 e. The van der Waals surface area contributed by atoms with Crippen LogP contribution in [0.1, 0.15) is 23.8 Å². The molecule has 1 aliphatic carbocycles. The van der Waals surface area contributed by atoms with Crippen molar-refractivity contribution in [2.45, 2.75) is 31.2 Å². The zero-order valence-corrected chi connectivity index (χ0v) is 15.3. The zero-order valence-electron chi connectivity index (χ0n) is 13.6. The van der Waals surface area contributed by atoms with Crippen molar-refractivity contribution >= 4 is 45.2 Å². The average molecular weight is 365 g/mol. The molecule has 0 aromatic carbocycles. The molecule has 0 saturated heterocycles. The van der Waals surface area contributed by atoms with Crippen LogP contribution in [0.4, 0.5) is 0 Å². The van der Waals surface area contributed by atoms with Crippen LogP contribution in [0.15, 0.2) is 11.4 Å². The molecule has 0 bridgehead atoms. The summed E-state index contributed by atoms with van der Waals surface area (Å²) in [7, 11) is 1.29. The Bertz CT molecular complexity index is 775. The van der Waals surface area contributed by atoms with E-state index in [0.29, 0.717) is 5.92 Å². The molecule has 0 saturated carbocycles. The van der Waals surface area contributed by atoms with E-state index in [-0.39, 0.29) is 18.2 Å². The van der Waals surface area contributed by atoms with E-state index in [1.165, 1.54) is 35.7 Å². The lowest BCUT2D eigenvalue weighted by molar-refractivity contribution is -0.140. The number of nitrogens with zero attached hydrogens (tertiary/aromatic N) is 2. The van der Waals surface area contributed by atoms with Crippen LogP contribution < -0.4 is 5.32 Å². The second kappa shape index (κ2) is 7.48. The highest BCUT2D eigenvalue weighted by Crippen LogP contribution is 2.40. The number of carbonyl (C=O) groups excluding carboxylic acids is 2. The number of aromatic nitrogens is 2. The van der Waals surface area contributed by atoms with E-state index in [1.807, 2.05) is 0 Å². The third-order valence-corrected chi connectivity index (χ3v) is 6.21. The first kappa shape index (κ1) is 17.2. The minimum absolute atomic E-state index is 0.110. The number of esters is 1. The van der Waals surface area contributed by atoms with Gasteiger partial charge in [-0.3, -0.25) is 9.59 Å². The number of hydrogen-bond donors (Lipinski definition) is 1. The second-order valence-corrected chi connectivity index (χ2v) is 7.90. The maximum absolute atomic E-state index is 11.9. The molecule has 3 rings (SSSR count). The number of rotatable bonds is 5. The van der Waals surface area contributed by atoms with E-state index >= 15 is 0 Å². The highest BCUT2D eigenvalue weighted by atomic mass is 32.2. The molecule has 1 aliphatic rings. The Morgan fingerprint density at radius 3 is 3.08 bits per heavy atom. The molecule has 2 aromatic rings. The lowest BCUT2D eigenvalue weighted by atomic mass is 9.89. The molecule has 0 radical (unpaired) electrons. The molecule has 1 atom stereocenters. The van der Waals surface area contributed by atoms with Crippen LogP contribution in [0.3, 0.4) is 0 Å². The number of carbonyl (C=O) groups is 2. The molecule has 0 spiro atoms. The quantitative estimate of drug-likeness (QED) is 0.497. The molecule has 6 nitrogen and oxygen atoms in total. The summed E-state index contributed by atoms with van der Waals surface area (Å²) in [6, 6.07) is 0. The number of nitrogens with one attached hydrogen (secondary N) is 1. The van der Waals surface area contributed by atoms with E-state index in [0.717, 1.165) is 28.1 Å². The number of aryl methyl sites for hydroxylation is 1. The number of fused-ring (bicyclic) bond motifs is 3. The first-order valence-electron chi connectivity index (χ1n) is 7.80. The minimum atomic E-state index is -0.459. The second-order valence-electron chi connectivity index (χ2n) is 5.85. The Hall–Kier alpha value is -1.67. The van der Waals surface area contributed by atoms with E-state index in [9.17, 15) is 9.59 Å². The monoisotopic (exact) mass is 365 g/mol. The summed E-state index contributed by atoms with van der Waals surface area (Å²) in [6.07, 6.45) is 4.88. The van der Waals surface area contributed by atoms with Crippen molar-refractivity contribution < 1.29 is 14.3 Å². The number of hydrogen-bond acceptors (Lipinski definition) is 7. The van der Waals surface area contributed by atoms with Crippen molar-refractivity contribution in [1.29, 1.82) is 0 Å². The topological polar surface area (TPSA) is 81.2 Å². The van der Waals surface area contributed by atoms with Gasteiger partial charge < -0.3 is 10.1 Å². The SMILES string of the molecule is COC(=O)CNC(=O)CSc1ncnc2sc3c(c12)CC[C@@H](C)C3. The molecule has 8 heteroatoms. The maximum atomic E-state index is 11.9. The summed E-state index contributed by atoms with van der Waals surface area (Å²) in [5, 5.41) is 4.49. The summed E-state index contributed by atoms with van der Waals surface area (Å²) in [5.74, 6) is 0.247. The van der Waals surface area contributed by atoms with Gasteiger partial charge in [0.25, 0.3) is 0 Å². The Morgan fingerprint density at radius 2 is 2.29 bits per heavy atom. The number of ether oxygens (including phenoxy) is 1. The van der Waals surface area contributed by atoms with Crippen LogP contribution in [0.25, 0.3) is 10.2 Å². The normalized spacial score (nSPS) is 16.7. The van der Waals surface area contributed by atoms with E-state index < -0.39 is 5.97 Å². The Labute approximate surface area is 148 Å². The Balaban J connectivity index is 1.73. The Morgan fingerprint density at radius 1 is 1.46 bits per heavy atom. The first-order chi connectivity index (χ1) is 11.6. The molecule has 24 heavy (non-hydrogen) atoms. The van der Waals surface area contributed by atoms with E-state index in [2.05, 4.69) is 26.9 Å². The Kier molecular flexibility index (Phi) is 5.35. The number of thioether (sulfide) groups is 1. The molecule has 2 heterocycles. The molecule has 0 aliphatic heterocycles. The molecular weight excluding hydrogens is 346 g/mol. The van der Waals surface area contributed by atoms with Gasteiger partial charge in [0.15, 0.2) is 0 Å². The molecule has 1 N–H and O–H groups in total. The summed E-state index contributed by atoms with van der Waals surface area (Å²) >= 11 is 3.13. The highest BCUT2D eigenvalue weighted by molar-refractivity contribution is 8.00. The molecule has 0 fully saturated rings. The fourth-order valence-electron chi connectivity index (χ4n) is 2.78. The molecule has 128 valence electrons. The molecular formula is C16H19N3O3S2. The predicted octanol–water partition coefficient (Wildman–Crippen LogP) is 2.20. The predicted molar refractivity (Wildman–Crippen MR) is 94.4 cm³/mol. The van der Waals surface area contributed by atoms with Crippen molar-refractivity contribution in [1.82, 2.24) is 15.3 Å². The van der Waals surface area contributed by atoms with Crippen LogP contribution in [0.2, 0.25) is 0 Å². The fourth-order valence-corrected chi connectivity index (χ4v) is 5.05. The first-order valence-corrected chi connectivity index (χ1v) is 9.60. The number of amides is 1. The largest absolute Gasteiger partial charge is 0.468 e. The van der Waals surface area contributed by atoms with Crippen LogP contribution in [0, 0.1) is 5.92 Å². The zero-order chi connectivity index (χ0) is 17.1. The van der Waals surface area contributed by atoms with Gasteiger partial charge in [-0.1, -0.05) is 18.7 Å². The van der Waals surface area contributed by atoms with E-state index in [1.54, 1.807) is 17.7 Å². The molecule has 1 amide bonds. The van der Waals surface area contributed by atoms with E-state index in [4.69, 9.17) is 0 Å². The van der Waals surface area contributed by atoms with Crippen molar-refractivity contribution in [3.8, 4) is 0 Å². The van der Waals surface area contributed by atoms with Gasteiger partial charge in [0.2, 0.25) is 5.91 Å². The van der Waals surface area contributed by atoms with Crippen molar-refractivity contribution in [2.24, 2.45) is 5.92 Å². The highest BCUT2D eigenvalue weighted by Gasteiger charge is 2.23. The summed E-state index contributed by atoms with van der Waals surface area (Å²) in [4.78, 5) is 34.1. The van der Waals surface area contributed by atoms with Gasteiger partial charge in [-0.2, -0.15) is 0 Å². The average Bonchev–Trinajstić information content (AvgIpc) is 2.95. The summed E-state index contributed by atoms with van der Waals surface area (Å²) in [5.41, 5.74) is 1.35. The lowest BCUT2D eigenvalue weighted by Gasteiger charge is -2.18. The van der Waals surface area contributed by atoms with Gasteiger partial charge in [0.1, 0.15) is 22.7 Å². The molecule has 2 aromatic heterocycles. The van der Waals surface area contributed by atoms with Gasteiger partial charge >= 0.3 is 5.97 Å². The van der Waals surface area contributed by atoms with Crippen molar-refractivity contribution in [3.63, 3.8) is 0 Å². The van der Waals surface area contributed by atoms with Gasteiger partial charge in [-0.25, -0.2) is 9.97 Å². The third kappa shape index (κ3) is 3.70.